The number of rotatable bonds is 6. The van der Waals surface area contributed by atoms with E-state index in [9.17, 15) is 14.0 Å². The quantitative estimate of drug-likeness (QED) is 0.813. The van der Waals surface area contributed by atoms with Crippen LogP contribution in [0, 0.1) is 11.7 Å². The molecule has 2 rings (SSSR count). The molecule has 23 heavy (non-hydrogen) atoms. The van der Waals surface area contributed by atoms with Gasteiger partial charge in [-0.25, -0.2) is 4.39 Å². The number of carbonyl (C=O) groups is 2. The first kappa shape index (κ1) is 17.4. The van der Waals surface area contributed by atoms with Crippen molar-refractivity contribution in [3.63, 3.8) is 0 Å². The Kier molecular flexibility index (Phi) is 6.52. The van der Waals surface area contributed by atoms with Crippen molar-refractivity contribution in [2.24, 2.45) is 5.92 Å². The van der Waals surface area contributed by atoms with Gasteiger partial charge in [0, 0.05) is 38.9 Å². The zero-order chi connectivity index (χ0) is 16.7. The molecule has 0 aromatic heterocycles. The number of benzene rings is 1. The van der Waals surface area contributed by atoms with Gasteiger partial charge >= 0.3 is 0 Å². The highest BCUT2D eigenvalue weighted by atomic mass is 19.1. The van der Waals surface area contributed by atoms with Crippen molar-refractivity contribution in [3.05, 3.63) is 35.6 Å². The fourth-order valence-corrected chi connectivity index (χ4v) is 2.72. The normalized spacial score (nSPS) is 17.8. The molecule has 0 spiro atoms. The van der Waals surface area contributed by atoms with E-state index < -0.39 is 0 Å². The number of carbonyl (C=O) groups excluding carboxylic acids is 2. The van der Waals surface area contributed by atoms with Crippen molar-refractivity contribution in [1.29, 1.82) is 0 Å². The molecule has 0 bridgehead atoms. The zero-order valence-corrected chi connectivity index (χ0v) is 13.4. The molecule has 1 aliphatic rings. The Morgan fingerprint density at radius 3 is 2.78 bits per heavy atom. The lowest BCUT2D eigenvalue weighted by Gasteiger charge is -2.32. The van der Waals surface area contributed by atoms with Gasteiger partial charge in [0.2, 0.25) is 5.91 Å². The smallest absolute Gasteiger partial charge is 0.253 e. The molecule has 1 fully saturated rings. The molecule has 1 heterocycles. The Balaban J connectivity index is 1.88. The lowest BCUT2D eigenvalue weighted by atomic mass is 9.96. The number of amides is 2. The Bertz CT molecular complexity index is 533. The molecule has 1 N–H and O–H groups in total. The highest BCUT2D eigenvalue weighted by molar-refractivity contribution is 5.94. The predicted octanol–water partition coefficient (Wildman–Crippen LogP) is 1.83. The molecule has 0 aliphatic carbocycles. The lowest BCUT2D eigenvalue weighted by molar-refractivity contribution is -0.126. The van der Waals surface area contributed by atoms with Crippen LogP contribution in [0.2, 0.25) is 0 Å². The molecule has 1 saturated heterocycles. The minimum Gasteiger partial charge on any atom is -0.385 e. The van der Waals surface area contributed by atoms with Crippen LogP contribution in [0.25, 0.3) is 0 Å². The fraction of sp³-hybridized carbons (Fsp3) is 0.529. The lowest BCUT2D eigenvalue weighted by Crippen LogP contribution is -2.45. The number of nitrogens with zero attached hydrogens (tertiary/aromatic N) is 1. The number of ether oxygens (including phenoxy) is 1. The van der Waals surface area contributed by atoms with E-state index in [1.165, 1.54) is 24.3 Å². The van der Waals surface area contributed by atoms with Crippen LogP contribution in [-0.2, 0) is 9.53 Å². The van der Waals surface area contributed by atoms with Crippen LogP contribution in [0.5, 0.6) is 0 Å². The number of nitrogens with one attached hydrogen (secondary N) is 1. The molecule has 5 nitrogen and oxygen atoms in total. The molecule has 0 saturated carbocycles. The van der Waals surface area contributed by atoms with Gasteiger partial charge in [0.25, 0.3) is 5.91 Å². The molecule has 1 atom stereocenters. The van der Waals surface area contributed by atoms with E-state index in [4.69, 9.17) is 4.74 Å². The number of halogens is 1. The molecule has 1 aliphatic heterocycles. The van der Waals surface area contributed by atoms with Crippen LogP contribution < -0.4 is 5.32 Å². The van der Waals surface area contributed by atoms with E-state index in [2.05, 4.69) is 5.32 Å². The highest BCUT2D eigenvalue weighted by Crippen LogP contribution is 2.19. The second-order valence-corrected chi connectivity index (χ2v) is 5.73. The third kappa shape index (κ3) is 5.03. The van der Waals surface area contributed by atoms with Crippen LogP contribution in [-0.4, -0.2) is 50.1 Å². The summed E-state index contributed by atoms with van der Waals surface area (Å²) in [5, 5.41) is 2.89. The second kappa shape index (κ2) is 8.62. The Labute approximate surface area is 135 Å². The first-order chi connectivity index (χ1) is 11.1. The van der Waals surface area contributed by atoms with Crippen LogP contribution in [0.3, 0.4) is 0 Å². The first-order valence-corrected chi connectivity index (χ1v) is 7.93. The maximum absolute atomic E-state index is 12.9. The monoisotopic (exact) mass is 322 g/mol. The van der Waals surface area contributed by atoms with Crippen molar-refractivity contribution in [3.8, 4) is 0 Å². The SMILES string of the molecule is COCCCNC(=O)C1CCCN(C(=O)c2ccc(F)cc2)C1. The molecule has 2 amide bonds. The third-order valence-electron chi connectivity index (χ3n) is 4.00. The van der Waals surface area contributed by atoms with Crippen LogP contribution >= 0.6 is 0 Å². The predicted molar refractivity (Wildman–Crippen MR) is 84.5 cm³/mol. The third-order valence-corrected chi connectivity index (χ3v) is 4.00. The summed E-state index contributed by atoms with van der Waals surface area (Å²) in [6.07, 6.45) is 2.35. The van der Waals surface area contributed by atoms with Crippen LogP contribution in [0.4, 0.5) is 4.39 Å². The molecule has 1 aromatic carbocycles. The van der Waals surface area contributed by atoms with E-state index in [0.29, 0.717) is 31.8 Å². The largest absolute Gasteiger partial charge is 0.385 e. The van der Waals surface area contributed by atoms with Crippen molar-refractivity contribution < 1.29 is 18.7 Å². The van der Waals surface area contributed by atoms with Crippen molar-refractivity contribution in [2.45, 2.75) is 19.3 Å². The van der Waals surface area contributed by atoms with Crippen LogP contribution in [0.15, 0.2) is 24.3 Å². The average Bonchev–Trinajstić information content (AvgIpc) is 2.59. The fourth-order valence-electron chi connectivity index (χ4n) is 2.72. The Hall–Kier alpha value is -1.95. The molecule has 6 heteroatoms. The summed E-state index contributed by atoms with van der Waals surface area (Å²) in [4.78, 5) is 26.3. The van der Waals surface area contributed by atoms with Crippen molar-refractivity contribution in [1.82, 2.24) is 10.2 Å². The van der Waals surface area contributed by atoms with Crippen LogP contribution in [0.1, 0.15) is 29.6 Å². The van der Waals surface area contributed by atoms with E-state index in [0.717, 1.165) is 19.3 Å². The van der Waals surface area contributed by atoms with Gasteiger partial charge in [0.05, 0.1) is 5.92 Å². The van der Waals surface area contributed by atoms with Gasteiger partial charge in [0.1, 0.15) is 5.82 Å². The zero-order valence-electron chi connectivity index (χ0n) is 13.4. The highest BCUT2D eigenvalue weighted by Gasteiger charge is 2.28. The van der Waals surface area contributed by atoms with E-state index in [1.54, 1.807) is 12.0 Å². The van der Waals surface area contributed by atoms with Gasteiger partial charge in [0.15, 0.2) is 0 Å². The Morgan fingerprint density at radius 1 is 1.35 bits per heavy atom. The number of piperidine rings is 1. The topological polar surface area (TPSA) is 58.6 Å². The summed E-state index contributed by atoms with van der Waals surface area (Å²) in [6.45, 7) is 2.23. The Morgan fingerprint density at radius 2 is 2.09 bits per heavy atom. The van der Waals surface area contributed by atoms with Crippen molar-refractivity contribution >= 4 is 11.8 Å². The molecule has 0 radical (unpaired) electrons. The second-order valence-electron chi connectivity index (χ2n) is 5.73. The first-order valence-electron chi connectivity index (χ1n) is 7.93. The number of methoxy groups -OCH3 is 1. The molecule has 1 unspecified atom stereocenters. The summed E-state index contributed by atoms with van der Waals surface area (Å²) in [5.74, 6) is -0.719. The number of likely N-dealkylation sites (tertiary alicyclic amines) is 1. The van der Waals surface area contributed by atoms with Crippen molar-refractivity contribution in [2.75, 3.05) is 33.4 Å². The summed E-state index contributed by atoms with van der Waals surface area (Å²) in [5.41, 5.74) is 0.451. The summed E-state index contributed by atoms with van der Waals surface area (Å²) >= 11 is 0. The van der Waals surface area contributed by atoms with Gasteiger partial charge in [-0.2, -0.15) is 0 Å². The summed E-state index contributed by atoms with van der Waals surface area (Å²) in [7, 11) is 1.63. The number of hydrogen-bond acceptors (Lipinski definition) is 3. The minimum atomic E-state index is -0.367. The van der Waals surface area contributed by atoms with E-state index in [-0.39, 0.29) is 23.5 Å². The maximum Gasteiger partial charge on any atom is 0.253 e. The van der Waals surface area contributed by atoms with Gasteiger partial charge in [-0.3, -0.25) is 9.59 Å². The van der Waals surface area contributed by atoms with Gasteiger partial charge < -0.3 is 15.0 Å². The summed E-state index contributed by atoms with van der Waals surface area (Å²) < 4.78 is 17.9. The molecular weight excluding hydrogens is 299 g/mol. The number of hydrogen-bond donors (Lipinski definition) is 1. The standard InChI is InChI=1S/C17H23FN2O3/c1-23-11-3-9-19-16(21)14-4-2-10-20(12-14)17(22)13-5-7-15(18)8-6-13/h5-8,14H,2-4,9-12H2,1H3,(H,19,21). The molecule has 126 valence electrons. The van der Waals surface area contributed by atoms with E-state index in [1.807, 2.05) is 0 Å². The van der Waals surface area contributed by atoms with Gasteiger partial charge in [-0.15, -0.1) is 0 Å². The van der Waals surface area contributed by atoms with Gasteiger partial charge in [-0.05, 0) is 43.5 Å². The summed E-state index contributed by atoms with van der Waals surface area (Å²) in [6, 6.07) is 5.51. The average molecular weight is 322 g/mol. The molecule has 1 aromatic rings. The maximum atomic E-state index is 12.9. The molecular formula is C17H23FN2O3. The van der Waals surface area contributed by atoms with E-state index >= 15 is 0 Å². The minimum absolute atomic E-state index is 0.0160. The van der Waals surface area contributed by atoms with Gasteiger partial charge in [-0.1, -0.05) is 0 Å².